The van der Waals surface area contributed by atoms with Crippen LogP contribution in [0.15, 0.2) is 36.4 Å². The van der Waals surface area contributed by atoms with Gasteiger partial charge in [0.05, 0.1) is 18.2 Å². The third-order valence-corrected chi connectivity index (χ3v) is 3.03. The molecule has 0 heterocycles. The second kappa shape index (κ2) is 5.87. The molecule has 6 heteroatoms. The molecule has 0 unspecified atom stereocenters. The first-order valence-electron chi connectivity index (χ1n) is 6.00. The molecule has 0 radical (unpaired) electrons. The lowest BCUT2D eigenvalue weighted by Gasteiger charge is -2.13. The average Bonchev–Trinajstić information content (AvgIpc) is 2.46. The first-order valence-corrected chi connectivity index (χ1v) is 6.00. The maximum Gasteiger partial charge on any atom is 0.266 e. The number of para-hydroxylation sites is 1. The summed E-state index contributed by atoms with van der Waals surface area (Å²) in [4.78, 5) is 11.4. The van der Waals surface area contributed by atoms with Crippen molar-refractivity contribution in [3.63, 3.8) is 0 Å². The summed E-state index contributed by atoms with van der Waals surface area (Å²) in [5.41, 5.74) is 5.35. The number of primary amides is 1. The Kier molecular flexibility index (Phi) is 4.16. The number of benzene rings is 2. The summed E-state index contributed by atoms with van der Waals surface area (Å²) in [7, 11) is 1.34. The van der Waals surface area contributed by atoms with Crippen LogP contribution in [0.25, 0.3) is 11.1 Å². The van der Waals surface area contributed by atoms with Crippen LogP contribution in [-0.2, 0) is 0 Å². The first-order chi connectivity index (χ1) is 9.95. The number of amides is 1. The molecule has 1 amide bonds. The summed E-state index contributed by atoms with van der Waals surface area (Å²) in [5, 5.41) is 0. The molecule has 0 aliphatic carbocycles. The van der Waals surface area contributed by atoms with E-state index in [1.54, 1.807) is 12.1 Å². The molecule has 0 fully saturated rings. The number of halogens is 3. The third-order valence-electron chi connectivity index (χ3n) is 3.03. The standard InChI is InChI=1S/C15H12F3NO2/c1-21-13-9(3-2-4-10(13)15(19)20)8-5-6-12(16)11(7-8)14(17)18/h2-7,14H,1H3,(H2,19,20). The highest BCUT2D eigenvalue weighted by Gasteiger charge is 2.18. The average molecular weight is 295 g/mol. The fourth-order valence-corrected chi connectivity index (χ4v) is 2.06. The van der Waals surface area contributed by atoms with Gasteiger partial charge >= 0.3 is 0 Å². The lowest BCUT2D eigenvalue weighted by atomic mass is 9.99. The zero-order valence-corrected chi connectivity index (χ0v) is 11.1. The number of nitrogens with two attached hydrogens (primary N) is 1. The van der Waals surface area contributed by atoms with Crippen molar-refractivity contribution in [2.45, 2.75) is 6.43 Å². The van der Waals surface area contributed by atoms with Gasteiger partial charge in [-0.1, -0.05) is 18.2 Å². The van der Waals surface area contributed by atoms with E-state index in [1.807, 2.05) is 0 Å². The van der Waals surface area contributed by atoms with Crippen molar-refractivity contribution >= 4 is 5.91 Å². The van der Waals surface area contributed by atoms with Gasteiger partial charge in [-0.05, 0) is 23.8 Å². The monoisotopic (exact) mass is 295 g/mol. The van der Waals surface area contributed by atoms with Crippen LogP contribution in [0.3, 0.4) is 0 Å². The Morgan fingerprint density at radius 3 is 2.52 bits per heavy atom. The number of alkyl halides is 2. The SMILES string of the molecule is COc1c(C(N)=O)cccc1-c1ccc(F)c(C(F)F)c1. The molecule has 0 aromatic heterocycles. The highest BCUT2D eigenvalue weighted by atomic mass is 19.3. The Morgan fingerprint density at radius 2 is 1.95 bits per heavy atom. The molecule has 110 valence electrons. The van der Waals surface area contributed by atoms with Gasteiger partial charge in [0.2, 0.25) is 0 Å². The molecular formula is C15H12F3NO2. The molecule has 0 bridgehead atoms. The van der Waals surface area contributed by atoms with Gasteiger partial charge < -0.3 is 10.5 Å². The fourth-order valence-electron chi connectivity index (χ4n) is 2.06. The summed E-state index contributed by atoms with van der Waals surface area (Å²) < 4.78 is 44.0. The summed E-state index contributed by atoms with van der Waals surface area (Å²) >= 11 is 0. The zero-order chi connectivity index (χ0) is 15.6. The number of methoxy groups -OCH3 is 1. The van der Waals surface area contributed by atoms with E-state index in [0.29, 0.717) is 11.1 Å². The van der Waals surface area contributed by atoms with Crippen LogP contribution in [-0.4, -0.2) is 13.0 Å². The van der Waals surface area contributed by atoms with Crippen molar-refractivity contribution in [2.75, 3.05) is 7.11 Å². The van der Waals surface area contributed by atoms with E-state index >= 15 is 0 Å². The third kappa shape index (κ3) is 2.84. The van der Waals surface area contributed by atoms with Crippen LogP contribution in [0.5, 0.6) is 5.75 Å². The van der Waals surface area contributed by atoms with Gasteiger partial charge in [-0.2, -0.15) is 0 Å². The molecule has 0 saturated heterocycles. The molecule has 2 N–H and O–H groups in total. The van der Waals surface area contributed by atoms with Crippen LogP contribution in [0.1, 0.15) is 22.3 Å². The Hall–Kier alpha value is -2.50. The zero-order valence-electron chi connectivity index (χ0n) is 11.1. The minimum absolute atomic E-state index is 0.123. The van der Waals surface area contributed by atoms with Gasteiger partial charge in [-0.3, -0.25) is 4.79 Å². The van der Waals surface area contributed by atoms with Gasteiger partial charge in [-0.15, -0.1) is 0 Å². The number of hydrogen-bond acceptors (Lipinski definition) is 2. The smallest absolute Gasteiger partial charge is 0.266 e. The van der Waals surface area contributed by atoms with Gasteiger partial charge in [0.1, 0.15) is 11.6 Å². The number of carbonyl (C=O) groups is 1. The Bertz CT molecular complexity index is 687. The van der Waals surface area contributed by atoms with Crippen molar-refractivity contribution < 1.29 is 22.7 Å². The number of hydrogen-bond donors (Lipinski definition) is 1. The molecule has 2 aromatic carbocycles. The summed E-state index contributed by atoms with van der Waals surface area (Å²) in [6, 6.07) is 7.90. The predicted octanol–water partition coefficient (Wildman–Crippen LogP) is 3.54. The Balaban J connectivity index is 2.64. The Labute approximate surface area is 119 Å². The quantitative estimate of drug-likeness (QED) is 0.938. The van der Waals surface area contributed by atoms with Crippen molar-refractivity contribution in [3.8, 4) is 16.9 Å². The summed E-state index contributed by atoms with van der Waals surface area (Å²) in [6.07, 6.45) is -2.93. The minimum Gasteiger partial charge on any atom is -0.495 e. The molecular weight excluding hydrogens is 283 g/mol. The van der Waals surface area contributed by atoms with Crippen LogP contribution in [0, 0.1) is 5.82 Å². The molecule has 2 rings (SSSR count). The second-order valence-electron chi connectivity index (χ2n) is 4.29. The van der Waals surface area contributed by atoms with E-state index in [4.69, 9.17) is 10.5 Å². The molecule has 2 aromatic rings. The van der Waals surface area contributed by atoms with Crippen molar-refractivity contribution in [1.29, 1.82) is 0 Å². The number of carbonyl (C=O) groups excluding carboxylic acids is 1. The van der Waals surface area contributed by atoms with Crippen molar-refractivity contribution in [2.24, 2.45) is 5.73 Å². The number of ether oxygens (including phenoxy) is 1. The van der Waals surface area contributed by atoms with Crippen LogP contribution >= 0.6 is 0 Å². The molecule has 21 heavy (non-hydrogen) atoms. The maximum absolute atomic E-state index is 13.3. The van der Waals surface area contributed by atoms with Crippen LogP contribution in [0.2, 0.25) is 0 Å². The lowest BCUT2D eigenvalue weighted by molar-refractivity contribution is 0.0997. The lowest BCUT2D eigenvalue weighted by Crippen LogP contribution is -2.12. The number of rotatable bonds is 4. The van der Waals surface area contributed by atoms with Gasteiger partial charge in [-0.25, -0.2) is 13.2 Å². The molecule has 0 spiro atoms. The Morgan fingerprint density at radius 1 is 1.24 bits per heavy atom. The van der Waals surface area contributed by atoms with Crippen LogP contribution < -0.4 is 10.5 Å². The summed E-state index contributed by atoms with van der Waals surface area (Å²) in [5.74, 6) is -1.53. The van der Waals surface area contributed by atoms with E-state index in [2.05, 4.69) is 0 Å². The van der Waals surface area contributed by atoms with E-state index < -0.39 is 23.7 Å². The predicted molar refractivity (Wildman–Crippen MR) is 71.9 cm³/mol. The van der Waals surface area contributed by atoms with E-state index in [0.717, 1.165) is 12.1 Å². The highest BCUT2D eigenvalue weighted by Crippen LogP contribution is 2.35. The molecule has 0 aliphatic heterocycles. The fraction of sp³-hybridized carbons (Fsp3) is 0.133. The van der Waals surface area contributed by atoms with Gasteiger partial charge in [0, 0.05) is 5.56 Å². The molecule has 3 nitrogen and oxygen atoms in total. The summed E-state index contributed by atoms with van der Waals surface area (Å²) in [6.45, 7) is 0. The first kappa shape index (κ1) is 14.9. The topological polar surface area (TPSA) is 52.3 Å². The molecule has 0 atom stereocenters. The van der Waals surface area contributed by atoms with Crippen molar-refractivity contribution in [3.05, 3.63) is 53.3 Å². The van der Waals surface area contributed by atoms with E-state index in [-0.39, 0.29) is 11.3 Å². The minimum atomic E-state index is -2.93. The van der Waals surface area contributed by atoms with E-state index in [9.17, 15) is 18.0 Å². The largest absolute Gasteiger partial charge is 0.495 e. The highest BCUT2D eigenvalue weighted by molar-refractivity contribution is 5.98. The molecule has 0 aliphatic rings. The van der Waals surface area contributed by atoms with E-state index in [1.165, 1.54) is 19.2 Å². The molecule has 0 saturated carbocycles. The maximum atomic E-state index is 13.3. The van der Waals surface area contributed by atoms with Gasteiger partial charge in [0.15, 0.2) is 0 Å². The second-order valence-corrected chi connectivity index (χ2v) is 4.29. The van der Waals surface area contributed by atoms with Crippen molar-refractivity contribution in [1.82, 2.24) is 0 Å². The normalized spacial score (nSPS) is 10.7. The van der Waals surface area contributed by atoms with Crippen LogP contribution in [0.4, 0.5) is 13.2 Å². The van der Waals surface area contributed by atoms with Gasteiger partial charge in [0.25, 0.3) is 12.3 Å².